The van der Waals surface area contributed by atoms with Crippen LogP contribution in [0.5, 0.6) is 5.75 Å². The third-order valence-corrected chi connectivity index (χ3v) is 4.26. The molecule has 2 aromatic carbocycles. The average molecular weight is 345 g/mol. The number of anilines is 1. The average Bonchev–Trinajstić information content (AvgIpc) is 2.90. The largest absolute Gasteiger partial charge is 0.496 e. The van der Waals surface area contributed by atoms with Crippen molar-refractivity contribution in [3.05, 3.63) is 58.6 Å². The summed E-state index contributed by atoms with van der Waals surface area (Å²) in [6.45, 7) is 2.08. The maximum Gasteiger partial charge on any atom is 0.133 e. The monoisotopic (exact) mass is 344 g/mol. The number of para-hydroxylation sites is 1. The van der Waals surface area contributed by atoms with E-state index in [4.69, 9.17) is 9.84 Å². The van der Waals surface area contributed by atoms with Crippen LogP contribution in [0.1, 0.15) is 24.9 Å². The molecule has 0 bridgehead atoms. The van der Waals surface area contributed by atoms with Crippen LogP contribution in [0.4, 0.5) is 5.69 Å². The zero-order valence-corrected chi connectivity index (χ0v) is 13.7. The van der Waals surface area contributed by atoms with Gasteiger partial charge in [-0.3, -0.25) is 5.01 Å². The molecule has 2 aromatic rings. The highest BCUT2D eigenvalue weighted by Crippen LogP contribution is 2.37. The summed E-state index contributed by atoms with van der Waals surface area (Å²) in [5.74, 6) is 0.848. The second-order valence-electron chi connectivity index (χ2n) is 5.13. The van der Waals surface area contributed by atoms with Gasteiger partial charge in [0.05, 0.1) is 23.3 Å². The van der Waals surface area contributed by atoms with Gasteiger partial charge in [0.1, 0.15) is 5.75 Å². The van der Waals surface area contributed by atoms with Crippen molar-refractivity contribution in [1.82, 2.24) is 0 Å². The minimum Gasteiger partial charge on any atom is -0.496 e. The standard InChI is InChI=1S/C17H17BrN2O/c1-12-10-16(13-8-9-17(21-2)15(18)11-13)20(19-12)14-6-4-3-5-7-14/h3-9,11,16H,10H2,1-2H3/t16-/m0/s1. The minimum absolute atomic E-state index is 0.231. The molecule has 0 spiro atoms. The van der Waals surface area contributed by atoms with Gasteiger partial charge < -0.3 is 4.74 Å². The lowest BCUT2D eigenvalue weighted by Gasteiger charge is -2.24. The Balaban J connectivity index is 1.96. The van der Waals surface area contributed by atoms with Gasteiger partial charge in [0.25, 0.3) is 0 Å². The fourth-order valence-corrected chi connectivity index (χ4v) is 3.19. The number of benzene rings is 2. The third kappa shape index (κ3) is 2.81. The first-order chi connectivity index (χ1) is 10.2. The fraction of sp³-hybridized carbons (Fsp3) is 0.235. The first-order valence-corrected chi connectivity index (χ1v) is 7.70. The van der Waals surface area contributed by atoms with E-state index in [1.807, 2.05) is 24.3 Å². The van der Waals surface area contributed by atoms with Crippen molar-refractivity contribution >= 4 is 27.3 Å². The van der Waals surface area contributed by atoms with Gasteiger partial charge in [-0.15, -0.1) is 0 Å². The Morgan fingerprint density at radius 2 is 1.95 bits per heavy atom. The number of methoxy groups -OCH3 is 1. The molecule has 0 unspecified atom stereocenters. The molecule has 1 atom stereocenters. The van der Waals surface area contributed by atoms with Crippen LogP contribution in [0.15, 0.2) is 58.1 Å². The van der Waals surface area contributed by atoms with Gasteiger partial charge in [-0.25, -0.2) is 0 Å². The van der Waals surface area contributed by atoms with Crippen LogP contribution in [0.3, 0.4) is 0 Å². The highest BCUT2D eigenvalue weighted by atomic mass is 79.9. The van der Waals surface area contributed by atoms with Crippen molar-refractivity contribution in [3.8, 4) is 5.75 Å². The van der Waals surface area contributed by atoms with Gasteiger partial charge in [0.15, 0.2) is 0 Å². The van der Waals surface area contributed by atoms with E-state index in [0.717, 1.165) is 28.0 Å². The molecule has 0 saturated carbocycles. The van der Waals surface area contributed by atoms with E-state index in [1.165, 1.54) is 5.56 Å². The van der Waals surface area contributed by atoms with E-state index in [9.17, 15) is 0 Å². The van der Waals surface area contributed by atoms with Crippen LogP contribution >= 0.6 is 15.9 Å². The number of halogens is 1. The number of hydrogen-bond donors (Lipinski definition) is 0. The molecule has 0 radical (unpaired) electrons. The van der Waals surface area contributed by atoms with Crippen LogP contribution in [0, 0.1) is 0 Å². The summed E-state index contributed by atoms with van der Waals surface area (Å²) >= 11 is 3.56. The lowest BCUT2D eigenvalue weighted by Crippen LogP contribution is -2.18. The Bertz CT molecular complexity index is 670. The summed E-state index contributed by atoms with van der Waals surface area (Å²) in [7, 11) is 1.68. The van der Waals surface area contributed by atoms with Gasteiger partial charge >= 0.3 is 0 Å². The summed E-state index contributed by atoms with van der Waals surface area (Å²) < 4.78 is 6.28. The Morgan fingerprint density at radius 1 is 1.19 bits per heavy atom. The number of nitrogens with zero attached hydrogens (tertiary/aromatic N) is 2. The zero-order valence-electron chi connectivity index (χ0n) is 12.1. The van der Waals surface area contributed by atoms with Crippen LogP contribution in [0.2, 0.25) is 0 Å². The van der Waals surface area contributed by atoms with Crippen molar-refractivity contribution in [2.45, 2.75) is 19.4 Å². The van der Waals surface area contributed by atoms with Crippen molar-refractivity contribution in [1.29, 1.82) is 0 Å². The molecular formula is C17H17BrN2O. The van der Waals surface area contributed by atoms with Gasteiger partial charge in [0.2, 0.25) is 0 Å². The number of rotatable bonds is 3. The zero-order chi connectivity index (χ0) is 14.8. The van der Waals surface area contributed by atoms with Crippen LogP contribution in [-0.2, 0) is 0 Å². The molecule has 0 aromatic heterocycles. The minimum atomic E-state index is 0.231. The maximum atomic E-state index is 5.31. The second-order valence-corrected chi connectivity index (χ2v) is 5.98. The van der Waals surface area contributed by atoms with Crippen LogP contribution in [0.25, 0.3) is 0 Å². The van der Waals surface area contributed by atoms with E-state index in [2.05, 4.69) is 52.1 Å². The van der Waals surface area contributed by atoms with E-state index in [1.54, 1.807) is 7.11 Å². The first kappa shape index (κ1) is 14.1. The highest BCUT2D eigenvalue weighted by molar-refractivity contribution is 9.10. The molecule has 1 aliphatic heterocycles. The van der Waals surface area contributed by atoms with Crippen molar-refractivity contribution in [2.75, 3.05) is 12.1 Å². The van der Waals surface area contributed by atoms with Gasteiger partial charge in [-0.2, -0.15) is 5.10 Å². The summed E-state index contributed by atoms with van der Waals surface area (Å²) in [6, 6.07) is 16.7. The quantitative estimate of drug-likeness (QED) is 0.799. The van der Waals surface area contributed by atoms with Crippen molar-refractivity contribution in [3.63, 3.8) is 0 Å². The van der Waals surface area contributed by atoms with Crippen molar-refractivity contribution in [2.24, 2.45) is 5.10 Å². The van der Waals surface area contributed by atoms with Crippen molar-refractivity contribution < 1.29 is 4.74 Å². The van der Waals surface area contributed by atoms with E-state index >= 15 is 0 Å². The molecule has 21 heavy (non-hydrogen) atoms. The Kier molecular flexibility index (Phi) is 3.97. The highest BCUT2D eigenvalue weighted by Gasteiger charge is 2.27. The van der Waals surface area contributed by atoms with Crippen LogP contribution < -0.4 is 9.75 Å². The molecule has 3 nitrogen and oxygen atoms in total. The molecule has 1 heterocycles. The SMILES string of the molecule is COc1ccc([C@@H]2CC(C)=NN2c2ccccc2)cc1Br. The Hall–Kier alpha value is -1.81. The smallest absolute Gasteiger partial charge is 0.133 e. The molecule has 0 fully saturated rings. The maximum absolute atomic E-state index is 5.31. The van der Waals surface area contributed by atoms with Gasteiger partial charge in [-0.05, 0) is 52.7 Å². The fourth-order valence-electron chi connectivity index (χ4n) is 2.63. The summed E-state index contributed by atoms with van der Waals surface area (Å²) in [4.78, 5) is 0. The lowest BCUT2D eigenvalue weighted by molar-refractivity contribution is 0.412. The van der Waals surface area contributed by atoms with Gasteiger partial charge in [-0.1, -0.05) is 24.3 Å². The van der Waals surface area contributed by atoms with E-state index in [-0.39, 0.29) is 6.04 Å². The summed E-state index contributed by atoms with van der Waals surface area (Å²) in [5.41, 5.74) is 3.49. The summed E-state index contributed by atoms with van der Waals surface area (Å²) in [5, 5.41) is 6.79. The summed E-state index contributed by atoms with van der Waals surface area (Å²) in [6.07, 6.45) is 0.938. The molecule has 4 heteroatoms. The molecule has 0 aliphatic carbocycles. The Labute approximate surface area is 133 Å². The number of hydrazone groups is 1. The predicted octanol–water partition coefficient (Wildman–Crippen LogP) is 4.79. The molecule has 108 valence electrons. The lowest BCUT2D eigenvalue weighted by atomic mass is 10.0. The van der Waals surface area contributed by atoms with E-state index in [0.29, 0.717) is 0 Å². The molecule has 1 aliphatic rings. The molecular weight excluding hydrogens is 328 g/mol. The molecule has 0 saturated heterocycles. The van der Waals surface area contributed by atoms with E-state index < -0.39 is 0 Å². The van der Waals surface area contributed by atoms with Gasteiger partial charge in [0, 0.05) is 12.1 Å². The molecule has 3 rings (SSSR count). The number of hydrogen-bond acceptors (Lipinski definition) is 3. The third-order valence-electron chi connectivity index (χ3n) is 3.64. The number of ether oxygens (including phenoxy) is 1. The normalized spacial score (nSPS) is 17.8. The Morgan fingerprint density at radius 3 is 2.62 bits per heavy atom. The second kappa shape index (κ2) is 5.90. The topological polar surface area (TPSA) is 24.8 Å². The molecule has 0 amide bonds. The van der Waals surface area contributed by atoms with Crippen LogP contribution in [-0.4, -0.2) is 12.8 Å². The first-order valence-electron chi connectivity index (χ1n) is 6.91. The molecule has 0 N–H and O–H groups in total. The predicted molar refractivity (Wildman–Crippen MR) is 90.1 cm³/mol.